The predicted molar refractivity (Wildman–Crippen MR) is 84.9 cm³/mol. The third-order valence-electron chi connectivity index (χ3n) is 3.32. The van der Waals surface area contributed by atoms with Crippen molar-refractivity contribution >= 4 is 17.6 Å². The summed E-state index contributed by atoms with van der Waals surface area (Å²) in [7, 11) is 0. The van der Waals surface area contributed by atoms with Crippen molar-refractivity contribution in [2.45, 2.75) is 25.3 Å². The zero-order chi connectivity index (χ0) is 15.8. The van der Waals surface area contributed by atoms with Crippen molar-refractivity contribution in [2.75, 3.05) is 11.4 Å². The van der Waals surface area contributed by atoms with Crippen molar-refractivity contribution in [3.63, 3.8) is 0 Å². The highest BCUT2D eigenvalue weighted by atomic mass is 16.4. The molecular weight excluding hydrogens is 280 g/mol. The summed E-state index contributed by atoms with van der Waals surface area (Å²) in [4.78, 5) is 22.0. The second kappa shape index (κ2) is 8.09. The van der Waals surface area contributed by atoms with Crippen molar-refractivity contribution in [3.8, 4) is 0 Å². The highest BCUT2D eigenvalue weighted by Gasteiger charge is 2.28. The number of hydrogen-bond acceptors (Lipinski definition) is 5. The van der Waals surface area contributed by atoms with Crippen molar-refractivity contribution in [1.29, 1.82) is 0 Å². The van der Waals surface area contributed by atoms with Crippen LogP contribution in [0, 0.1) is 0 Å². The van der Waals surface area contributed by atoms with Crippen LogP contribution in [-0.4, -0.2) is 33.6 Å². The molecule has 116 valence electrons. The Morgan fingerprint density at radius 3 is 2.09 bits per heavy atom. The maximum absolute atomic E-state index is 11.8. The van der Waals surface area contributed by atoms with Crippen molar-refractivity contribution < 1.29 is 9.90 Å². The quantitative estimate of drug-likeness (QED) is 0.726. The van der Waals surface area contributed by atoms with Gasteiger partial charge in [0.2, 0.25) is 0 Å². The van der Waals surface area contributed by atoms with Crippen LogP contribution in [-0.2, 0) is 4.79 Å². The number of nitrogens with zero attached hydrogens (tertiary/aromatic N) is 3. The number of aliphatic carboxylic acids is 1. The zero-order valence-electron chi connectivity index (χ0n) is 12.3. The van der Waals surface area contributed by atoms with Crippen LogP contribution in [0.15, 0.2) is 48.8 Å². The largest absolute Gasteiger partial charge is 0.480 e. The summed E-state index contributed by atoms with van der Waals surface area (Å²) in [5.41, 5.74) is 5.50. The number of rotatable bonds is 8. The van der Waals surface area contributed by atoms with Crippen LogP contribution in [0.5, 0.6) is 0 Å². The van der Waals surface area contributed by atoms with Gasteiger partial charge in [0.25, 0.3) is 0 Å². The van der Waals surface area contributed by atoms with Crippen LogP contribution in [0.1, 0.15) is 19.3 Å². The molecule has 1 atom stereocenters. The van der Waals surface area contributed by atoms with E-state index >= 15 is 0 Å². The number of unbranched alkanes of at least 4 members (excludes halogenated alkanes) is 1. The van der Waals surface area contributed by atoms with Crippen molar-refractivity contribution in [2.24, 2.45) is 5.73 Å². The first-order valence-corrected chi connectivity index (χ1v) is 7.28. The molecule has 2 rings (SSSR count). The standard InChI is InChI=1S/C16H20N4O2/c17-10-4-1-7-13(16(21)22)20(14-8-2-5-11-18-14)15-9-3-6-12-19-15/h2-3,5-6,8-9,11-13H,1,4,7,10,17H2,(H,21,22)/t13-/m0/s1. The molecule has 0 amide bonds. The van der Waals surface area contributed by atoms with E-state index in [2.05, 4.69) is 9.97 Å². The lowest BCUT2D eigenvalue weighted by Gasteiger charge is -2.29. The summed E-state index contributed by atoms with van der Waals surface area (Å²) in [5, 5.41) is 9.64. The fourth-order valence-electron chi connectivity index (χ4n) is 2.27. The van der Waals surface area contributed by atoms with E-state index in [4.69, 9.17) is 5.73 Å². The Bertz CT molecular complexity index is 538. The van der Waals surface area contributed by atoms with Crippen molar-refractivity contribution in [3.05, 3.63) is 48.8 Å². The minimum Gasteiger partial charge on any atom is -0.480 e. The minimum atomic E-state index is -0.895. The average Bonchev–Trinajstić information content (AvgIpc) is 2.56. The topological polar surface area (TPSA) is 92.3 Å². The van der Waals surface area contributed by atoms with E-state index in [0.717, 1.165) is 12.8 Å². The fourth-order valence-corrected chi connectivity index (χ4v) is 2.27. The highest BCUT2D eigenvalue weighted by molar-refractivity contribution is 5.81. The lowest BCUT2D eigenvalue weighted by atomic mass is 10.1. The molecule has 0 spiro atoms. The van der Waals surface area contributed by atoms with Gasteiger partial charge >= 0.3 is 5.97 Å². The molecule has 0 aliphatic carbocycles. The van der Waals surface area contributed by atoms with E-state index < -0.39 is 12.0 Å². The molecule has 22 heavy (non-hydrogen) atoms. The summed E-state index contributed by atoms with van der Waals surface area (Å²) >= 11 is 0. The van der Waals surface area contributed by atoms with Gasteiger partial charge in [-0.25, -0.2) is 14.8 Å². The molecule has 0 fully saturated rings. The van der Waals surface area contributed by atoms with Crippen LogP contribution in [0.4, 0.5) is 11.6 Å². The summed E-state index contributed by atoms with van der Waals surface area (Å²) in [6, 6.07) is 10.1. The molecular formula is C16H20N4O2. The summed E-state index contributed by atoms with van der Waals surface area (Å²) < 4.78 is 0. The van der Waals surface area contributed by atoms with Gasteiger partial charge in [0.05, 0.1) is 0 Å². The predicted octanol–water partition coefficient (Wildman–Crippen LogP) is 2.20. The van der Waals surface area contributed by atoms with E-state index in [1.807, 2.05) is 12.1 Å². The SMILES string of the molecule is NCCCC[C@@H](C(=O)O)N(c1ccccn1)c1ccccn1. The van der Waals surface area contributed by atoms with Gasteiger partial charge < -0.3 is 10.8 Å². The molecule has 0 saturated carbocycles. The van der Waals surface area contributed by atoms with Gasteiger partial charge in [-0.3, -0.25) is 4.90 Å². The van der Waals surface area contributed by atoms with Gasteiger partial charge in [-0.1, -0.05) is 12.1 Å². The average molecular weight is 300 g/mol. The van der Waals surface area contributed by atoms with Gasteiger partial charge in [-0.15, -0.1) is 0 Å². The van der Waals surface area contributed by atoms with Crippen LogP contribution in [0.25, 0.3) is 0 Å². The van der Waals surface area contributed by atoms with Crippen LogP contribution < -0.4 is 10.6 Å². The number of aromatic nitrogens is 2. The first-order valence-electron chi connectivity index (χ1n) is 7.28. The number of anilines is 2. The number of pyridine rings is 2. The number of carboxylic acid groups (broad SMARTS) is 1. The first kappa shape index (κ1) is 15.9. The molecule has 0 aliphatic rings. The monoisotopic (exact) mass is 300 g/mol. The van der Waals surface area contributed by atoms with Crippen LogP contribution >= 0.6 is 0 Å². The fraction of sp³-hybridized carbons (Fsp3) is 0.312. The third-order valence-corrected chi connectivity index (χ3v) is 3.32. The Labute approximate surface area is 129 Å². The third kappa shape index (κ3) is 4.02. The lowest BCUT2D eigenvalue weighted by molar-refractivity contribution is -0.138. The Hall–Kier alpha value is -2.47. The summed E-state index contributed by atoms with van der Waals surface area (Å²) in [6.45, 7) is 0.555. The maximum Gasteiger partial charge on any atom is 0.326 e. The Morgan fingerprint density at radius 2 is 1.68 bits per heavy atom. The molecule has 3 N–H and O–H groups in total. The van der Waals surface area contributed by atoms with Gasteiger partial charge in [0, 0.05) is 12.4 Å². The van der Waals surface area contributed by atoms with E-state index in [1.54, 1.807) is 41.6 Å². The summed E-state index contributed by atoms with van der Waals surface area (Å²) in [6.07, 6.45) is 5.31. The number of nitrogens with two attached hydrogens (primary N) is 1. The summed E-state index contributed by atoms with van der Waals surface area (Å²) in [5.74, 6) is 0.246. The van der Waals surface area contributed by atoms with Gasteiger partial charge in [-0.2, -0.15) is 0 Å². The van der Waals surface area contributed by atoms with E-state index in [9.17, 15) is 9.90 Å². The van der Waals surface area contributed by atoms with Gasteiger partial charge in [0.15, 0.2) is 0 Å². The molecule has 0 aliphatic heterocycles. The molecule has 2 aromatic heterocycles. The highest BCUT2D eigenvalue weighted by Crippen LogP contribution is 2.26. The number of carbonyl (C=O) groups is 1. The van der Waals surface area contributed by atoms with Crippen LogP contribution in [0.3, 0.4) is 0 Å². The second-order valence-electron chi connectivity index (χ2n) is 4.88. The van der Waals surface area contributed by atoms with Crippen LogP contribution in [0.2, 0.25) is 0 Å². The normalized spacial score (nSPS) is 11.9. The Morgan fingerprint density at radius 1 is 1.09 bits per heavy atom. The van der Waals surface area contributed by atoms with E-state index in [0.29, 0.717) is 24.6 Å². The molecule has 0 saturated heterocycles. The Kier molecular flexibility index (Phi) is 5.85. The molecule has 2 aromatic rings. The molecule has 0 aromatic carbocycles. The lowest BCUT2D eigenvalue weighted by Crippen LogP contribution is -2.39. The first-order chi connectivity index (χ1) is 10.7. The molecule has 0 unspecified atom stereocenters. The van der Waals surface area contributed by atoms with E-state index in [-0.39, 0.29) is 0 Å². The zero-order valence-corrected chi connectivity index (χ0v) is 12.3. The molecule has 0 radical (unpaired) electrons. The minimum absolute atomic E-state index is 0.486. The molecule has 0 bridgehead atoms. The maximum atomic E-state index is 11.8. The number of hydrogen-bond donors (Lipinski definition) is 2. The molecule has 6 heteroatoms. The van der Waals surface area contributed by atoms with Gasteiger partial charge in [-0.05, 0) is 50.1 Å². The smallest absolute Gasteiger partial charge is 0.326 e. The van der Waals surface area contributed by atoms with Gasteiger partial charge in [0.1, 0.15) is 17.7 Å². The van der Waals surface area contributed by atoms with Crippen molar-refractivity contribution in [1.82, 2.24) is 9.97 Å². The van der Waals surface area contributed by atoms with E-state index in [1.165, 1.54) is 0 Å². The molecule has 2 heterocycles. The Balaban J connectivity index is 2.35. The number of carboxylic acids is 1. The second-order valence-corrected chi connectivity index (χ2v) is 4.88. The molecule has 6 nitrogen and oxygen atoms in total.